The van der Waals surface area contributed by atoms with Crippen molar-refractivity contribution in [1.82, 2.24) is 14.5 Å². The predicted octanol–water partition coefficient (Wildman–Crippen LogP) is 1.49. The molecule has 0 radical (unpaired) electrons. The first-order valence-corrected chi connectivity index (χ1v) is 7.34. The van der Waals surface area contributed by atoms with Crippen LogP contribution in [0.3, 0.4) is 0 Å². The van der Waals surface area contributed by atoms with Crippen molar-refractivity contribution in [3.63, 3.8) is 0 Å². The van der Waals surface area contributed by atoms with Crippen molar-refractivity contribution in [3.8, 4) is 11.8 Å². The predicted molar refractivity (Wildman–Crippen MR) is 81.9 cm³/mol. The first kappa shape index (κ1) is 15.3. The van der Waals surface area contributed by atoms with E-state index in [0.717, 1.165) is 10.7 Å². The second kappa shape index (κ2) is 7.07. The fourth-order valence-corrected chi connectivity index (χ4v) is 2.62. The van der Waals surface area contributed by atoms with Gasteiger partial charge in [-0.05, 0) is 12.1 Å². The van der Waals surface area contributed by atoms with Gasteiger partial charge >= 0.3 is 0 Å². The highest BCUT2D eigenvalue weighted by atomic mass is 32.1. The van der Waals surface area contributed by atoms with E-state index in [1.165, 1.54) is 11.3 Å². The van der Waals surface area contributed by atoms with E-state index in [0.29, 0.717) is 17.8 Å². The van der Waals surface area contributed by atoms with Crippen LogP contribution < -0.4 is 0 Å². The van der Waals surface area contributed by atoms with Crippen LogP contribution in [0.15, 0.2) is 24.5 Å². The maximum Gasteiger partial charge on any atom is 0.264 e. The number of aromatic nitrogens is 2. The SMILES string of the molecule is CN(Cc1nccn1C)C(=O)c1ccc(C#CCCO)s1. The molecule has 0 bridgehead atoms. The third-order valence-electron chi connectivity index (χ3n) is 2.91. The van der Waals surface area contributed by atoms with Crippen LogP contribution in [0, 0.1) is 11.8 Å². The molecule has 0 aromatic carbocycles. The van der Waals surface area contributed by atoms with Gasteiger partial charge in [-0.15, -0.1) is 11.3 Å². The van der Waals surface area contributed by atoms with Crippen LogP contribution in [-0.4, -0.2) is 39.1 Å². The lowest BCUT2D eigenvalue weighted by Crippen LogP contribution is -2.26. The molecule has 1 amide bonds. The van der Waals surface area contributed by atoms with E-state index in [-0.39, 0.29) is 12.5 Å². The van der Waals surface area contributed by atoms with Crippen LogP contribution in [0.25, 0.3) is 0 Å². The summed E-state index contributed by atoms with van der Waals surface area (Å²) in [5, 5.41) is 8.69. The van der Waals surface area contributed by atoms with E-state index in [2.05, 4.69) is 16.8 Å². The normalized spacial score (nSPS) is 10.0. The summed E-state index contributed by atoms with van der Waals surface area (Å²) >= 11 is 1.36. The molecule has 110 valence electrons. The van der Waals surface area contributed by atoms with Crippen LogP contribution in [0.2, 0.25) is 0 Å². The van der Waals surface area contributed by atoms with Gasteiger partial charge in [0.15, 0.2) is 0 Å². The Morgan fingerprint density at radius 1 is 1.52 bits per heavy atom. The van der Waals surface area contributed by atoms with E-state index in [9.17, 15) is 4.79 Å². The molecule has 0 saturated heterocycles. The van der Waals surface area contributed by atoms with Crippen LogP contribution >= 0.6 is 11.3 Å². The molecular weight excluding hydrogens is 286 g/mol. The van der Waals surface area contributed by atoms with Crippen molar-refractivity contribution in [1.29, 1.82) is 0 Å². The van der Waals surface area contributed by atoms with Crippen LogP contribution in [0.4, 0.5) is 0 Å². The Balaban J connectivity index is 2.03. The lowest BCUT2D eigenvalue weighted by Gasteiger charge is -2.15. The van der Waals surface area contributed by atoms with Gasteiger partial charge in [0.1, 0.15) is 5.82 Å². The average molecular weight is 303 g/mol. The minimum atomic E-state index is -0.0433. The molecule has 6 heteroatoms. The molecule has 2 heterocycles. The summed E-state index contributed by atoms with van der Waals surface area (Å²) in [5.41, 5.74) is 0. The number of aryl methyl sites for hydroxylation is 1. The van der Waals surface area contributed by atoms with Gasteiger partial charge in [-0.1, -0.05) is 11.8 Å². The molecule has 0 aliphatic heterocycles. The molecule has 0 aliphatic carbocycles. The van der Waals surface area contributed by atoms with Crippen molar-refractivity contribution in [2.45, 2.75) is 13.0 Å². The number of aliphatic hydroxyl groups is 1. The standard InChI is InChI=1S/C15H17N3O2S/c1-17-9-8-16-14(17)11-18(2)15(20)13-7-6-12(21-13)5-3-4-10-19/h6-9,19H,4,10-11H2,1-2H3. The molecule has 21 heavy (non-hydrogen) atoms. The number of hydrogen-bond acceptors (Lipinski definition) is 4. The van der Waals surface area contributed by atoms with Gasteiger partial charge in [-0.2, -0.15) is 0 Å². The van der Waals surface area contributed by atoms with Gasteiger partial charge in [0, 0.05) is 32.9 Å². The highest BCUT2D eigenvalue weighted by molar-refractivity contribution is 7.14. The van der Waals surface area contributed by atoms with Gasteiger partial charge in [0.2, 0.25) is 0 Å². The van der Waals surface area contributed by atoms with Gasteiger partial charge in [0.25, 0.3) is 5.91 Å². The Kier molecular flexibility index (Phi) is 5.14. The van der Waals surface area contributed by atoms with Crippen molar-refractivity contribution in [2.24, 2.45) is 7.05 Å². The van der Waals surface area contributed by atoms with Crippen LogP contribution in [0.5, 0.6) is 0 Å². The van der Waals surface area contributed by atoms with E-state index >= 15 is 0 Å². The molecule has 0 saturated carbocycles. The molecule has 5 nitrogen and oxygen atoms in total. The molecular formula is C15H17N3O2S. The number of hydrogen-bond donors (Lipinski definition) is 1. The van der Waals surface area contributed by atoms with E-state index < -0.39 is 0 Å². The fourth-order valence-electron chi connectivity index (χ4n) is 1.75. The topological polar surface area (TPSA) is 58.4 Å². The maximum atomic E-state index is 12.3. The van der Waals surface area contributed by atoms with Crippen LogP contribution in [0.1, 0.15) is 26.8 Å². The fraction of sp³-hybridized carbons (Fsp3) is 0.333. The molecule has 0 atom stereocenters. The highest BCUT2D eigenvalue weighted by Crippen LogP contribution is 2.18. The second-order valence-electron chi connectivity index (χ2n) is 4.55. The molecule has 0 spiro atoms. The zero-order valence-electron chi connectivity index (χ0n) is 12.0. The summed E-state index contributed by atoms with van der Waals surface area (Å²) < 4.78 is 1.89. The summed E-state index contributed by atoms with van der Waals surface area (Å²) in [7, 11) is 3.66. The minimum Gasteiger partial charge on any atom is -0.395 e. The zero-order valence-corrected chi connectivity index (χ0v) is 12.9. The van der Waals surface area contributed by atoms with Gasteiger partial charge < -0.3 is 14.6 Å². The van der Waals surface area contributed by atoms with E-state index in [1.54, 1.807) is 24.2 Å². The Labute approximate surface area is 127 Å². The van der Waals surface area contributed by atoms with E-state index in [4.69, 9.17) is 5.11 Å². The second-order valence-corrected chi connectivity index (χ2v) is 5.64. The lowest BCUT2D eigenvalue weighted by molar-refractivity contribution is 0.0785. The third-order valence-corrected chi connectivity index (χ3v) is 3.90. The molecule has 2 aromatic heterocycles. The molecule has 1 N–H and O–H groups in total. The Morgan fingerprint density at radius 3 is 3.00 bits per heavy atom. The quantitative estimate of drug-likeness (QED) is 0.871. The zero-order chi connectivity index (χ0) is 15.2. The Hall–Kier alpha value is -2.10. The lowest BCUT2D eigenvalue weighted by atomic mass is 10.3. The van der Waals surface area contributed by atoms with Crippen LogP contribution in [-0.2, 0) is 13.6 Å². The molecule has 0 aliphatic rings. The summed E-state index contributed by atoms with van der Waals surface area (Å²) in [5.74, 6) is 6.58. The minimum absolute atomic E-state index is 0.0433. The summed E-state index contributed by atoms with van der Waals surface area (Å²) in [6.07, 6.45) is 4.02. The largest absolute Gasteiger partial charge is 0.395 e. The number of nitrogens with zero attached hydrogens (tertiary/aromatic N) is 3. The number of aliphatic hydroxyl groups excluding tert-OH is 1. The number of thiophene rings is 1. The summed E-state index contributed by atoms with van der Waals surface area (Å²) in [6.45, 7) is 0.516. The van der Waals surface area contributed by atoms with Gasteiger partial charge in [-0.25, -0.2) is 4.98 Å². The number of amides is 1. The van der Waals surface area contributed by atoms with Gasteiger partial charge in [-0.3, -0.25) is 4.79 Å². The van der Waals surface area contributed by atoms with Crippen molar-refractivity contribution in [3.05, 3.63) is 40.1 Å². The Morgan fingerprint density at radius 2 is 2.33 bits per heavy atom. The molecule has 0 unspecified atom stereocenters. The van der Waals surface area contributed by atoms with Gasteiger partial charge in [0.05, 0.1) is 22.9 Å². The number of carbonyl (C=O) groups excluding carboxylic acids is 1. The van der Waals surface area contributed by atoms with E-state index in [1.807, 2.05) is 23.9 Å². The monoisotopic (exact) mass is 303 g/mol. The highest BCUT2D eigenvalue weighted by Gasteiger charge is 2.15. The molecule has 0 fully saturated rings. The summed E-state index contributed by atoms with van der Waals surface area (Å²) in [6, 6.07) is 3.61. The first-order valence-electron chi connectivity index (χ1n) is 6.53. The Bertz CT molecular complexity index is 678. The maximum absolute atomic E-state index is 12.3. The van der Waals surface area contributed by atoms with Crippen molar-refractivity contribution >= 4 is 17.2 Å². The average Bonchev–Trinajstić information content (AvgIpc) is 3.08. The van der Waals surface area contributed by atoms with Crippen molar-refractivity contribution < 1.29 is 9.90 Å². The van der Waals surface area contributed by atoms with Crippen molar-refractivity contribution in [2.75, 3.05) is 13.7 Å². The number of rotatable bonds is 4. The first-order chi connectivity index (χ1) is 10.1. The number of carbonyl (C=O) groups is 1. The number of imidazole rings is 1. The summed E-state index contributed by atoms with van der Waals surface area (Å²) in [4.78, 5) is 19.7. The smallest absolute Gasteiger partial charge is 0.264 e. The third kappa shape index (κ3) is 3.94. The molecule has 2 aromatic rings. The molecule has 2 rings (SSSR count).